The number of nitrogens with zero attached hydrogens (tertiary/aromatic N) is 1. The summed E-state index contributed by atoms with van der Waals surface area (Å²) in [6.45, 7) is 4.44. The Bertz CT molecular complexity index is 711. The third kappa shape index (κ3) is 7.00. The van der Waals surface area contributed by atoms with E-state index in [1.165, 1.54) is 51.0 Å². The quantitative estimate of drug-likeness (QED) is 0.444. The number of hydrogen-bond donors (Lipinski definition) is 0. The van der Waals surface area contributed by atoms with Gasteiger partial charge >= 0.3 is 0 Å². The number of carbonyl (C=O) groups is 1. The number of likely N-dealkylation sites (tertiary alicyclic amines) is 1. The van der Waals surface area contributed by atoms with E-state index in [9.17, 15) is 9.18 Å². The highest BCUT2D eigenvalue weighted by Crippen LogP contribution is 2.37. The van der Waals surface area contributed by atoms with Gasteiger partial charge in [-0.05, 0) is 68.6 Å². The van der Waals surface area contributed by atoms with Crippen molar-refractivity contribution in [3.05, 3.63) is 35.4 Å². The van der Waals surface area contributed by atoms with Crippen LogP contribution in [0.25, 0.3) is 0 Å². The van der Waals surface area contributed by atoms with Gasteiger partial charge < -0.3 is 9.64 Å². The standard InChI is InChI=1S/C27H41F2NO2/c1-3-22-18-24(28)26(31)23(12-9-13-25(22)32-2)19-27(29)14-16-30(17-15-27)20-21-10-7-5-4-6-8-11-21/h9,13,18,21,23H,3-8,10-12,14-17,19-20H2,1-2H3/b13-9+,24-18?,25-22?. The molecule has 180 valence electrons. The van der Waals surface area contributed by atoms with Crippen LogP contribution in [0.5, 0.6) is 0 Å². The molecule has 5 heteroatoms. The zero-order chi connectivity index (χ0) is 23.0. The summed E-state index contributed by atoms with van der Waals surface area (Å²) in [7, 11) is 1.54. The van der Waals surface area contributed by atoms with Gasteiger partial charge in [0.1, 0.15) is 11.4 Å². The smallest absolute Gasteiger partial charge is 0.194 e. The van der Waals surface area contributed by atoms with Gasteiger partial charge in [0, 0.05) is 25.6 Å². The molecule has 3 nitrogen and oxygen atoms in total. The van der Waals surface area contributed by atoms with Crippen molar-refractivity contribution in [2.45, 2.75) is 89.6 Å². The van der Waals surface area contributed by atoms with Crippen LogP contribution >= 0.6 is 0 Å². The predicted octanol–water partition coefficient (Wildman–Crippen LogP) is 6.85. The minimum Gasteiger partial charge on any atom is -0.496 e. The number of Topliss-reactive ketones (excluding diaryl/α,β-unsaturated/α-hetero) is 1. The highest BCUT2D eigenvalue weighted by molar-refractivity contribution is 5.95. The fourth-order valence-electron chi connectivity index (χ4n) is 5.57. The Morgan fingerprint density at radius 3 is 2.41 bits per heavy atom. The summed E-state index contributed by atoms with van der Waals surface area (Å²) in [6, 6.07) is 0. The SMILES string of the molecule is CCC1=C(OC)/C=C/CC(CC2(F)CCN(CC3CCCCCCC3)CC2)C(=O)C(F)=C1. The molecule has 1 heterocycles. The molecule has 1 aliphatic heterocycles. The van der Waals surface area contributed by atoms with E-state index < -0.39 is 23.2 Å². The van der Waals surface area contributed by atoms with Gasteiger partial charge in [-0.15, -0.1) is 0 Å². The van der Waals surface area contributed by atoms with Gasteiger partial charge in [0.05, 0.1) is 7.11 Å². The molecule has 1 unspecified atom stereocenters. The van der Waals surface area contributed by atoms with Crippen LogP contribution in [0.1, 0.15) is 84.0 Å². The summed E-state index contributed by atoms with van der Waals surface area (Å²) in [5, 5.41) is 0. The Labute approximate surface area is 193 Å². The van der Waals surface area contributed by atoms with E-state index >= 15 is 4.39 Å². The monoisotopic (exact) mass is 449 g/mol. The molecule has 3 aliphatic rings. The Morgan fingerprint density at radius 1 is 1.12 bits per heavy atom. The first-order chi connectivity index (χ1) is 15.4. The van der Waals surface area contributed by atoms with Gasteiger partial charge in [0.25, 0.3) is 0 Å². The van der Waals surface area contributed by atoms with Crippen molar-refractivity contribution < 1.29 is 18.3 Å². The highest BCUT2D eigenvalue weighted by Gasteiger charge is 2.39. The average Bonchev–Trinajstić information content (AvgIpc) is 2.81. The summed E-state index contributed by atoms with van der Waals surface area (Å²) in [5.41, 5.74) is -0.752. The van der Waals surface area contributed by atoms with Crippen LogP contribution in [0, 0.1) is 11.8 Å². The zero-order valence-corrected chi connectivity index (χ0v) is 20.0. The molecule has 1 atom stereocenters. The molecule has 0 amide bonds. The number of carbonyl (C=O) groups excluding carboxylic acids is 1. The van der Waals surface area contributed by atoms with E-state index in [-0.39, 0.29) is 6.42 Å². The lowest BCUT2D eigenvalue weighted by Gasteiger charge is -2.39. The van der Waals surface area contributed by atoms with E-state index in [0.29, 0.717) is 37.0 Å². The lowest BCUT2D eigenvalue weighted by molar-refractivity contribution is -0.122. The summed E-state index contributed by atoms with van der Waals surface area (Å²) >= 11 is 0. The van der Waals surface area contributed by atoms with E-state index in [0.717, 1.165) is 25.6 Å². The fraction of sp³-hybridized carbons (Fsp3) is 0.741. The molecule has 1 saturated heterocycles. The van der Waals surface area contributed by atoms with Crippen molar-refractivity contribution in [2.24, 2.45) is 11.8 Å². The minimum atomic E-state index is -1.40. The molecule has 0 aromatic heterocycles. The first-order valence-corrected chi connectivity index (χ1v) is 12.7. The number of ether oxygens (including phenoxy) is 1. The predicted molar refractivity (Wildman–Crippen MR) is 126 cm³/mol. The Balaban J connectivity index is 1.58. The number of piperidine rings is 1. The maximum Gasteiger partial charge on any atom is 0.194 e. The number of halogens is 2. The van der Waals surface area contributed by atoms with Crippen LogP contribution in [0.3, 0.4) is 0 Å². The highest BCUT2D eigenvalue weighted by atomic mass is 19.1. The number of ketones is 1. The van der Waals surface area contributed by atoms with Crippen LogP contribution in [0.15, 0.2) is 35.4 Å². The molecule has 0 aromatic rings. The first kappa shape index (κ1) is 25.1. The van der Waals surface area contributed by atoms with Crippen molar-refractivity contribution in [2.75, 3.05) is 26.7 Å². The lowest BCUT2D eigenvalue weighted by Crippen LogP contribution is -2.45. The normalized spacial score (nSPS) is 27.6. The van der Waals surface area contributed by atoms with Gasteiger partial charge in [-0.2, -0.15) is 0 Å². The van der Waals surface area contributed by atoms with Crippen LogP contribution < -0.4 is 0 Å². The van der Waals surface area contributed by atoms with Crippen molar-refractivity contribution in [1.82, 2.24) is 4.90 Å². The number of alkyl halides is 1. The van der Waals surface area contributed by atoms with Crippen LogP contribution in [0.2, 0.25) is 0 Å². The van der Waals surface area contributed by atoms with Crippen LogP contribution in [-0.2, 0) is 9.53 Å². The second-order valence-corrected chi connectivity index (χ2v) is 10.0. The molecular weight excluding hydrogens is 408 g/mol. The van der Waals surface area contributed by atoms with Crippen LogP contribution in [0.4, 0.5) is 8.78 Å². The van der Waals surface area contributed by atoms with Crippen molar-refractivity contribution >= 4 is 5.78 Å². The lowest BCUT2D eigenvalue weighted by atomic mass is 9.80. The van der Waals surface area contributed by atoms with E-state index in [1.807, 2.05) is 13.0 Å². The number of rotatable bonds is 6. The maximum atomic E-state index is 15.8. The minimum absolute atomic E-state index is 0.0957. The molecule has 1 saturated carbocycles. The number of hydrogen-bond acceptors (Lipinski definition) is 3. The molecule has 2 fully saturated rings. The van der Waals surface area contributed by atoms with Gasteiger partial charge in [-0.3, -0.25) is 4.79 Å². The molecule has 0 N–H and O–H groups in total. The van der Waals surface area contributed by atoms with E-state index in [1.54, 1.807) is 13.2 Å². The fourth-order valence-corrected chi connectivity index (χ4v) is 5.57. The van der Waals surface area contributed by atoms with Crippen LogP contribution in [-0.4, -0.2) is 43.1 Å². The summed E-state index contributed by atoms with van der Waals surface area (Å²) in [6.07, 6.45) is 16.0. The van der Waals surface area contributed by atoms with Gasteiger partial charge in [-0.1, -0.05) is 45.1 Å². The molecule has 0 bridgehead atoms. The second kappa shape index (κ2) is 12.1. The molecular formula is C27H41F2NO2. The largest absolute Gasteiger partial charge is 0.496 e. The average molecular weight is 450 g/mol. The summed E-state index contributed by atoms with van der Waals surface area (Å²) in [5.74, 6) is -0.729. The molecule has 0 radical (unpaired) electrons. The van der Waals surface area contributed by atoms with Gasteiger partial charge in [-0.25, -0.2) is 8.78 Å². The first-order valence-electron chi connectivity index (χ1n) is 12.7. The molecule has 0 aromatic carbocycles. The number of methoxy groups -OCH3 is 1. The third-order valence-electron chi connectivity index (χ3n) is 7.62. The molecule has 3 rings (SSSR count). The third-order valence-corrected chi connectivity index (χ3v) is 7.62. The molecule has 2 aliphatic carbocycles. The maximum absolute atomic E-state index is 15.8. The summed E-state index contributed by atoms with van der Waals surface area (Å²) < 4.78 is 35.8. The summed E-state index contributed by atoms with van der Waals surface area (Å²) in [4.78, 5) is 15.2. The van der Waals surface area contributed by atoms with Crippen molar-refractivity contribution in [3.8, 4) is 0 Å². The van der Waals surface area contributed by atoms with Gasteiger partial charge in [0.15, 0.2) is 11.6 Å². The molecule has 0 spiro atoms. The van der Waals surface area contributed by atoms with Crippen molar-refractivity contribution in [3.63, 3.8) is 0 Å². The number of allylic oxidation sites excluding steroid dienone is 5. The Morgan fingerprint density at radius 2 is 1.78 bits per heavy atom. The van der Waals surface area contributed by atoms with Gasteiger partial charge in [0.2, 0.25) is 0 Å². The van der Waals surface area contributed by atoms with E-state index in [4.69, 9.17) is 4.74 Å². The van der Waals surface area contributed by atoms with E-state index in [2.05, 4.69) is 4.90 Å². The zero-order valence-electron chi connectivity index (χ0n) is 20.0. The second-order valence-electron chi connectivity index (χ2n) is 10.0. The molecule has 32 heavy (non-hydrogen) atoms. The Kier molecular flexibility index (Phi) is 9.51. The topological polar surface area (TPSA) is 29.5 Å². The van der Waals surface area contributed by atoms with Crippen molar-refractivity contribution in [1.29, 1.82) is 0 Å². The Hall–Kier alpha value is -1.49.